The lowest BCUT2D eigenvalue weighted by Gasteiger charge is -2.23. The van der Waals surface area contributed by atoms with Gasteiger partial charge in [0.15, 0.2) is 5.79 Å². The Morgan fingerprint density at radius 2 is 1.94 bits per heavy atom. The molecule has 0 aromatic heterocycles. The molecule has 1 saturated heterocycles. The van der Waals surface area contributed by atoms with Crippen LogP contribution in [0.2, 0.25) is 0 Å². The van der Waals surface area contributed by atoms with E-state index in [0.29, 0.717) is 16.6 Å². The number of anilines is 2. The maximum atomic E-state index is 14.5. The van der Waals surface area contributed by atoms with E-state index < -0.39 is 29.0 Å². The Balaban J connectivity index is 1.89. The number of hydrogen-bond donors (Lipinski definition) is 1. The topological polar surface area (TPSA) is 66.0 Å². The molecule has 1 aliphatic rings. The van der Waals surface area contributed by atoms with E-state index >= 15 is 0 Å². The van der Waals surface area contributed by atoms with Crippen molar-refractivity contribution < 1.29 is 32.5 Å². The predicted molar refractivity (Wildman–Crippen MR) is 129 cm³/mol. The minimum Gasteiger partial charge on any atom is -0.492 e. The van der Waals surface area contributed by atoms with Crippen LogP contribution in [0.15, 0.2) is 30.3 Å². The zero-order valence-electron chi connectivity index (χ0n) is 19.3. The fourth-order valence-corrected chi connectivity index (χ4v) is 3.73. The first-order valence-electron chi connectivity index (χ1n) is 10.6. The van der Waals surface area contributed by atoms with Gasteiger partial charge >= 0.3 is 5.97 Å². The minimum absolute atomic E-state index is 0.00385. The molecular formula is C24H28F2INO5. The first-order chi connectivity index (χ1) is 15.3. The fraction of sp³-hybridized carbons (Fsp3) is 0.458. The predicted octanol–water partition coefficient (Wildman–Crippen LogP) is 6.19. The first-order valence-corrected chi connectivity index (χ1v) is 11.6. The highest BCUT2D eigenvalue weighted by Gasteiger charge is 2.32. The molecule has 9 heteroatoms. The van der Waals surface area contributed by atoms with Crippen molar-refractivity contribution in [2.45, 2.75) is 58.5 Å². The first kappa shape index (κ1) is 25.6. The summed E-state index contributed by atoms with van der Waals surface area (Å²) in [5.74, 6) is -2.57. The summed E-state index contributed by atoms with van der Waals surface area (Å²) in [6.45, 7) is 9.38. The average molecular weight is 575 g/mol. The van der Waals surface area contributed by atoms with E-state index in [-0.39, 0.29) is 35.4 Å². The van der Waals surface area contributed by atoms with Gasteiger partial charge in [-0.25, -0.2) is 13.6 Å². The second kappa shape index (κ2) is 10.1. The molecular weight excluding hydrogens is 547 g/mol. The summed E-state index contributed by atoms with van der Waals surface area (Å²) in [7, 11) is 0. The van der Waals surface area contributed by atoms with Gasteiger partial charge < -0.3 is 24.3 Å². The van der Waals surface area contributed by atoms with Gasteiger partial charge in [0.25, 0.3) is 0 Å². The molecule has 2 aromatic rings. The van der Waals surface area contributed by atoms with Crippen LogP contribution in [0.5, 0.6) is 5.75 Å². The Hall–Kier alpha value is -1.98. The van der Waals surface area contributed by atoms with Gasteiger partial charge in [0.2, 0.25) is 0 Å². The number of benzene rings is 2. The van der Waals surface area contributed by atoms with Gasteiger partial charge in [-0.1, -0.05) is 0 Å². The molecule has 0 bridgehead atoms. The standard InChI is InChI=1S/C24H28F2INO5/c1-23(2,3)33-22(29)21-19(28-18-7-6-15(27)12-17(18)26)10-14(25)11-20(21)30-9-8-16-13-31-24(4,5)32-16/h6-7,10-12,16,28H,8-9,13H2,1-5H3. The normalized spacial score (nSPS) is 17.6. The molecule has 1 heterocycles. The number of halogens is 3. The van der Waals surface area contributed by atoms with Crippen molar-refractivity contribution in [3.8, 4) is 5.75 Å². The molecule has 6 nitrogen and oxygen atoms in total. The van der Waals surface area contributed by atoms with E-state index in [4.69, 9.17) is 18.9 Å². The van der Waals surface area contributed by atoms with Crippen molar-refractivity contribution in [1.29, 1.82) is 0 Å². The van der Waals surface area contributed by atoms with Crippen molar-refractivity contribution in [2.24, 2.45) is 0 Å². The van der Waals surface area contributed by atoms with Gasteiger partial charge in [0.1, 0.15) is 28.5 Å². The van der Waals surface area contributed by atoms with E-state index in [0.717, 1.165) is 12.1 Å². The van der Waals surface area contributed by atoms with Gasteiger partial charge in [0, 0.05) is 16.1 Å². The number of nitrogens with one attached hydrogen (secondary N) is 1. The molecule has 0 aliphatic carbocycles. The number of carbonyl (C=O) groups excluding carboxylic acids is 1. The molecule has 1 atom stereocenters. The van der Waals surface area contributed by atoms with Crippen molar-refractivity contribution in [3.05, 3.63) is 51.1 Å². The number of hydrogen-bond acceptors (Lipinski definition) is 6. The van der Waals surface area contributed by atoms with Crippen molar-refractivity contribution in [1.82, 2.24) is 0 Å². The molecule has 1 unspecified atom stereocenters. The maximum Gasteiger partial charge on any atom is 0.344 e. The van der Waals surface area contributed by atoms with Crippen LogP contribution in [-0.2, 0) is 14.2 Å². The van der Waals surface area contributed by atoms with E-state index in [1.165, 1.54) is 12.1 Å². The second-order valence-electron chi connectivity index (χ2n) is 9.17. The van der Waals surface area contributed by atoms with Crippen LogP contribution in [0.3, 0.4) is 0 Å². The molecule has 0 spiro atoms. The van der Waals surface area contributed by atoms with Crippen LogP contribution in [0, 0.1) is 15.2 Å². The molecule has 0 radical (unpaired) electrons. The monoisotopic (exact) mass is 575 g/mol. The lowest BCUT2D eigenvalue weighted by molar-refractivity contribution is -0.139. The Morgan fingerprint density at radius 1 is 1.21 bits per heavy atom. The van der Waals surface area contributed by atoms with E-state index in [1.807, 2.05) is 36.4 Å². The third-order valence-corrected chi connectivity index (χ3v) is 5.31. The van der Waals surface area contributed by atoms with Crippen LogP contribution >= 0.6 is 22.6 Å². The smallest absolute Gasteiger partial charge is 0.344 e. The summed E-state index contributed by atoms with van der Waals surface area (Å²) in [5, 5.41) is 2.81. The highest BCUT2D eigenvalue weighted by atomic mass is 127. The highest BCUT2D eigenvalue weighted by Crippen LogP contribution is 2.34. The largest absolute Gasteiger partial charge is 0.492 e. The lowest BCUT2D eigenvalue weighted by Crippen LogP contribution is -2.25. The van der Waals surface area contributed by atoms with Gasteiger partial charge in [0.05, 0.1) is 30.7 Å². The lowest BCUT2D eigenvalue weighted by atomic mass is 10.1. The van der Waals surface area contributed by atoms with Gasteiger partial charge in [-0.05, 0) is 81.5 Å². The third kappa shape index (κ3) is 7.25. The average Bonchev–Trinajstić information content (AvgIpc) is 3.01. The van der Waals surface area contributed by atoms with E-state index in [9.17, 15) is 13.6 Å². The number of ether oxygens (including phenoxy) is 4. The summed E-state index contributed by atoms with van der Waals surface area (Å²) in [4.78, 5) is 13.0. The molecule has 33 heavy (non-hydrogen) atoms. The summed E-state index contributed by atoms with van der Waals surface area (Å²) in [6.07, 6.45) is 0.291. The van der Waals surface area contributed by atoms with Crippen molar-refractivity contribution in [3.63, 3.8) is 0 Å². The Kier molecular flexibility index (Phi) is 7.85. The highest BCUT2D eigenvalue weighted by molar-refractivity contribution is 14.1. The molecule has 0 saturated carbocycles. The Bertz CT molecular complexity index is 1020. The second-order valence-corrected chi connectivity index (χ2v) is 10.4. The minimum atomic E-state index is -0.797. The van der Waals surface area contributed by atoms with Gasteiger partial charge in [-0.3, -0.25) is 0 Å². The van der Waals surface area contributed by atoms with Crippen molar-refractivity contribution in [2.75, 3.05) is 18.5 Å². The zero-order chi connectivity index (χ0) is 24.4. The number of esters is 1. The van der Waals surface area contributed by atoms with Gasteiger partial charge in [-0.2, -0.15) is 0 Å². The third-order valence-electron chi connectivity index (χ3n) is 4.64. The Morgan fingerprint density at radius 3 is 2.55 bits per heavy atom. The number of carbonyl (C=O) groups is 1. The summed E-state index contributed by atoms with van der Waals surface area (Å²) >= 11 is 1.99. The SMILES string of the molecule is CC(C)(C)OC(=O)c1c(Nc2ccc(I)cc2F)cc(F)cc1OCCC1COC(C)(C)O1. The Labute approximate surface area is 206 Å². The number of rotatable bonds is 7. The molecule has 180 valence electrons. The molecule has 1 fully saturated rings. The molecule has 3 rings (SSSR count). The molecule has 1 N–H and O–H groups in total. The molecule has 0 amide bonds. The van der Waals surface area contributed by atoms with Crippen LogP contribution < -0.4 is 10.1 Å². The summed E-state index contributed by atoms with van der Waals surface area (Å²) < 4.78 is 52.3. The van der Waals surface area contributed by atoms with E-state index in [1.54, 1.807) is 26.8 Å². The maximum absolute atomic E-state index is 14.5. The van der Waals surface area contributed by atoms with Crippen LogP contribution in [0.25, 0.3) is 0 Å². The zero-order valence-corrected chi connectivity index (χ0v) is 21.4. The fourth-order valence-electron chi connectivity index (χ4n) is 3.28. The quantitative estimate of drug-likeness (QED) is 0.314. The van der Waals surface area contributed by atoms with E-state index in [2.05, 4.69) is 5.32 Å². The van der Waals surface area contributed by atoms with Crippen LogP contribution in [-0.4, -0.2) is 36.7 Å². The van der Waals surface area contributed by atoms with Crippen molar-refractivity contribution >= 4 is 39.9 Å². The van der Waals surface area contributed by atoms with Gasteiger partial charge in [-0.15, -0.1) is 0 Å². The summed E-state index contributed by atoms with van der Waals surface area (Å²) in [6, 6.07) is 6.77. The van der Waals surface area contributed by atoms with Crippen LogP contribution in [0.1, 0.15) is 51.4 Å². The van der Waals surface area contributed by atoms with Crippen LogP contribution in [0.4, 0.5) is 20.2 Å². The molecule has 1 aliphatic heterocycles. The summed E-state index contributed by atoms with van der Waals surface area (Å²) in [5.41, 5.74) is -0.681. The molecule has 2 aromatic carbocycles.